The highest BCUT2D eigenvalue weighted by Gasteiger charge is 2.44. The molecule has 76 valence electrons. The number of rotatable bonds is 3. The van der Waals surface area contributed by atoms with E-state index in [1.807, 2.05) is 0 Å². The van der Waals surface area contributed by atoms with Crippen molar-refractivity contribution < 1.29 is 14.3 Å². The number of hydrogen-bond donors (Lipinski definition) is 3. The van der Waals surface area contributed by atoms with Gasteiger partial charge in [0.15, 0.2) is 0 Å². The highest BCUT2D eigenvalue weighted by molar-refractivity contribution is 5.96. The number of hydrogen-bond acceptors (Lipinski definition) is 4. The SMILES string of the molecule is Nc1ccoc1C(=O)NC1(CO)CC1. The van der Waals surface area contributed by atoms with Gasteiger partial charge in [-0.25, -0.2) is 0 Å². The van der Waals surface area contributed by atoms with Gasteiger partial charge in [0.2, 0.25) is 5.76 Å². The highest BCUT2D eigenvalue weighted by atomic mass is 16.3. The van der Waals surface area contributed by atoms with Crippen molar-refractivity contribution in [1.82, 2.24) is 5.32 Å². The van der Waals surface area contributed by atoms with Gasteiger partial charge in [0, 0.05) is 6.07 Å². The van der Waals surface area contributed by atoms with Crippen LogP contribution in [0.4, 0.5) is 5.69 Å². The van der Waals surface area contributed by atoms with Gasteiger partial charge in [0.1, 0.15) is 0 Å². The number of nitrogens with two attached hydrogens (primary N) is 1. The third-order valence-electron chi connectivity index (χ3n) is 2.44. The molecule has 1 saturated carbocycles. The molecule has 0 bridgehead atoms. The number of carbonyl (C=O) groups is 1. The number of amides is 1. The molecular formula is C9H12N2O3. The van der Waals surface area contributed by atoms with Crippen LogP contribution in [0.2, 0.25) is 0 Å². The van der Waals surface area contributed by atoms with Crippen LogP contribution in [0, 0.1) is 0 Å². The first-order valence-electron chi connectivity index (χ1n) is 4.43. The normalized spacial score (nSPS) is 17.8. The van der Waals surface area contributed by atoms with Gasteiger partial charge >= 0.3 is 0 Å². The van der Waals surface area contributed by atoms with Crippen molar-refractivity contribution in [2.45, 2.75) is 18.4 Å². The predicted octanol–water partition coefficient (Wildman–Crippen LogP) is 0.116. The zero-order valence-electron chi connectivity index (χ0n) is 7.62. The second kappa shape index (κ2) is 3.02. The van der Waals surface area contributed by atoms with E-state index in [-0.39, 0.29) is 18.3 Å². The summed E-state index contributed by atoms with van der Waals surface area (Å²) in [5.41, 5.74) is 5.39. The van der Waals surface area contributed by atoms with E-state index < -0.39 is 5.54 Å². The first kappa shape index (κ1) is 9.08. The van der Waals surface area contributed by atoms with Crippen LogP contribution in [0.5, 0.6) is 0 Å². The molecule has 0 unspecified atom stereocenters. The van der Waals surface area contributed by atoms with Crippen molar-refractivity contribution in [3.63, 3.8) is 0 Å². The van der Waals surface area contributed by atoms with E-state index in [0.717, 1.165) is 12.8 Å². The second-order valence-electron chi connectivity index (χ2n) is 3.60. The Bertz CT molecular complexity index is 355. The number of nitrogens with one attached hydrogen (secondary N) is 1. The van der Waals surface area contributed by atoms with E-state index >= 15 is 0 Å². The summed E-state index contributed by atoms with van der Waals surface area (Å²) < 4.78 is 4.93. The third-order valence-corrected chi connectivity index (χ3v) is 2.44. The quantitative estimate of drug-likeness (QED) is 0.640. The fraction of sp³-hybridized carbons (Fsp3) is 0.444. The molecule has 1 aromatic heterocycles. The first-order chi connectivity index (χ1) is 6.67. The topological polar surface area (TPSA) is 88.5 Å². The molecule has 5 nitrogen and oxygen atoms in total. The lowest BCUT2D eigenvalue weighted by atomic mass is 10.2. The molecule has 0 radical (unpaired) electrons. The number of anilines is 1. The smallest absolute Gasteiger partial charge is 0.289 e. The second-order valence-corrected chi connectivity index (χ2v) is 3.60. The Morgan fingerprint density at radius 2 is 2.43 bits per heavy atom. The molecule has 0 atom stereocenters. The van der Waals surface area contributed by atoms with Gasteiger partial charge in [-0.15, -0.1) is 0 Å². The molecule has 1 aliphatic rings. The van der Waals surface area contributed by atoms with Gasteiger partial charge in [0.25, 0.3) is 5.91 Å². The van der Waals surface area contributed by atoms with E-state index in [4.69, 9.17) is 15.3 Å². The van der Waals surface area contributed by atoms with Crippen molar-refractivity contribution in [2.75, 3.05) is 12.3 Å². The van der Waals surface area contributed by atoms with E-state index in [9.17, 15) is 4.79 Å². The number of aliphatic hydroxyl groups excluding tert-OH is 1. The molecule has 1 heterocycles. The Labute approximate surface area is 80.9 Å². The number of carbonyl (C=O) groups excluding carboxylic acids is 1. The monoisotopic (exact) mass is 196 g/mol. The predicted molar refractivity (Wildman–Crippen MR) is 49.6 cm³/mol. The number of aliphatic hydroxyl groups is 1. The highest BCUT2D eigenvalue weighted by Crippen LogP contribution is 2.35. The van der Waals surface area contributed by atoms with E-state index in [2.05, 4.69) is 5.32 Å². The van der Waals surface area contributed by atoms with Crippen LogP contribution in [0.15, 0.2) is 16.7 Å². The van der Waals surface area contributed by atoms with Crippen molar-refractivity contribution in [1.29, 1.82) is 0 Å². The van der Waals surface area contributed by atoms with E-state index in [0.29, 0.717) is 5.69 Å². The molecule has 0 aliphatic heterocycles. The van der Waals surface area contributed by atoms with Gasteiger partial charge in [-0.2, -0.15) is 0 Å². The average Bonchev–Trinajstić information content (AvgIpc) is 2.80. The van der Waals surface area contributed by atoms with Gasteiger partial charge in [-0.05, 0) is 12.8 Å². The minimum absolute atomic E-state index is 0.0423. The van der Waals surface area contributed by atoms with Gasteiger partial charge in [0.05, 0.1) is 24.1 Å². The van der Waals surface area contributed by atoms with E-state index in [1.54, 1.807) is 0 Å². The molecule has 1 amide bonds. The third kappa shape index (κ3) is 1.46. The van der Waals surface area contributed by atoms with E-state index in [1.165, 1.54) is 12.3 Å². The lowest BCUT2D eigenvalue weighted by Gasteiger charge is -2.12. The summed E-state index contributed by atoms with van der Waals surface area (Å²) in [6, 6.07) is 1.52. The van der Waals surface area contributed by atoms with Crippen LogP contribution in [0.1, 0.15) is 23.4 Å². The molecule has 0 spiro atoms. The summed E-state index contributed by atoms with van der Waals surface area (Å²) in [6.07, 6.45) is 2.97. The minimum Gasteiger partial charge on any atom is -0.457 e. The lowest BCUT2D eigenvalue weighted by molar-refractivity contribution is 0.0880. The maximum absolute atomic E-state index is 11.5. The standard InChI is InChI=1S/C9H12N2O3/c10-6-1-4-14-7(6)8(13)11-9(5-12)2-3-9/h1,4,12H,2-3,5,10H2,(H,11,13). The number of furan rings is 1. The van der Waals surface area contributed by atoms with Crippen molar-refractivity contribution in [3.05, 3.63) is 18.1 Å². The van der Waals surface area contributed by atoms with Crippen LogP contribution in [0.3, 0.4) is 0 Å². The Balaban J connectivity index is 2.07. The zero-order chi connectivity index (χ0) is 10.2. The summed E-state index contributed by atoms with van der Waals surface area (Å²) in [6.45, 7) is -0.0423. The maximum Gasteiger partial charge on any atom is 0.289 e. The van der Waals surface area contributed by atoms with Crippen LogP contribution < -0.4 is 11.1 Å². The van der Waals surface area contributed by atoms with Gasteiger partial charge < -0.3 is 20.6 Å². The molecular weight excluding hydrogens is 184 g/mol. The molecule has 4 N–H and O–H groups in total. The fourth-order valence-electron chi connectivity index (χ4n) is 1.27. The molecule has 1 fully saturated rings. The molecule has 2 rings (SSSR count). The van der Waals surface area contributed by atoms with Crippen molar-refractivity contribution in [3.8, 4) is 0 Å². The molecule has 0 saturated heterocycles. The Morgan fingerprint density at radius 3 is 2.86 bits per heavy atom. The summed E-state index contributed by atoms with van der Waals surface area (Å²) in [4.78, 5) is 11.5. The van der Waals surface area contributed by atoms with Crippen molar-refractivity contribution in [2.24, 2.45) is 0 Å². The summed E-state index contributed by atoms with van der Waals surface area (Å²) in [5.74, 6) is -0.247. The van der Waals surface area contributed by atoms with Crippen LogP contribution >= 0.6 is 0 Å². The van der Waals surface area contributed by atoms with Crippen LogP contribution in [-0.2, 0) is 0 Å². The van der Waals surface area contributed by atoms with Gasteiger partial charge in [-0.1, -0.05) is 0 Å². The minimum atomic E-state index is -0.434. The molecule has 14 heavy (non-hydrogen) atoms. The van der Waals surface area contributed by atoms with Crippen LogP contribution in [-0.4, -0.2) is 23.2 Å². The fourth-order valence-corrected chi connectivity index (χ4v) is 1.27. The largest absolute Gasteiger partial charge is 0.457 e. The Hall–Kier alpha value is -1.49. The van der Waals surface area contributed by atoms with Gasteiger partial charge in [-0.3, -0.25) is 4.79 Å². The molecule has 1 aromatic rings. The first-order valence-corrected chi connectivity index (χ1v) is 4.43. The van der Waals surface area contributed by atoms with Crippen molar-refractivity contribution >= 4 is 11.6 Å². The summed E-state index contributed by atoms with van der Waals surface area (Å²) in [7, 11) is 0. The maximum atomic E-state index is 11.5. The molecule has 1 aliphatic carbocycles. The Kier molecular flexibility index (Phi) is 1.96. The average molecular weight is 196 g/mol. The lowest BCUT2D eigenvalue weighted by Crippen LogP contribution is -2.39. The molecule has 5 heteroatoms. The van der Waals surface area contributed by atoms with Crippen LogP contribution in [0.25, 0.3) is 0 Å². The molecule has 0 aromatic carbocycles. The summed E-state index contributed by atoms with van der Waals surface area (Å²) in [5, 5.41) is 11.7. The number of nitrogen functional groups attached to an aromatic ring is 1. The Morgan fingerprint density at radius 1 is 1.71 bits per heavy atom. The zero-order valence-corrected chi connectivity index (χ0v) is 7.62. The summed E-state index contributed by atoms with van der Waals surface area (Å²) >= 11 is 0.